The molecule has 1 fully saturated rings. The molecule has 1 rings (SSSR count). The summed E-state index contributed by atoms with van der Waals surface area (Å²) in [6.07, 6.45) is -0.0143. The van der Waals surface area contributed by atoms with Crippen molar-refractivity contribution in [3.8, 4) is 0 Å². The van der Waals surface area contributed by atoms with Gasteiger partial charge in [0.1, 0.15) is 0 Å². The molecule has 0 bridgehead atoms. The van der Waals surface area contributed by atoms with Crippen LogP contribution in [0, 0.1) is 0 Å². The number of hydrogen-bond acceptors (Lipinski definition) is 4. The molecule has 2 unspecified atom stereocenters. The van der Waals surface area contributed by atoms with Gasteiger partial charge in [-0.1, -0.05) is 15.9 Å². The second kappa shape index (κ2) is 7.19. The van der Waals surface area contributed by atoms with Gasteiger partial charge in [-0.05, 0) is 20.8 Å². The van der Waals surface area contributed by atoms with E-state index in [2.05, 4.69) is 15.9 Å². The highest BCUT2D eigenvalue weighted by Crippen LogP contribution is 2.17. The number of hydrogen-bond donors (Lipinski definition) is 0. The van der Waals surface area contributed by atoms with E-state index in [0.717, 1.165) is 0 Å². The Bertz CT molecular complexity index is 347. The molecule has 1 aliphatic rings. The lowest BCUT2D eigenvalue weighted by molar-refractivity contribution is -0.0142. The number of morpholine rings is 1. The third kappa shape index (κ3) is 4.77. The Morgan fingerprint density at radius 1 is 1.50 bits per heavy atom. The predicted octanol–water partition coefficient (Wildman–Crippen LogP) is 1.23. The summed E-state index contributed by atoms with van der Waals surface area (Å²) in [6, 6.07) is -0.107. The van der Waals surface area contributed by atoms with Crippen molar-refractivity contribution in [2.24, 2.45) is 0 Å². The molecule has 0 saturated carbocycles. The Kier molecular flexibility index (Phi) is 6.54. The van der Waals surface area contributed by atoms with Crippen LogP contribution in [0.15, 0.2) is 0 Å². The maximum absolute atomic E-state index is 12.2. The molecule has 1 heterocycles. The second-order valence-corrected chi connectivity index (χ2v) is 7.45. The van der Waals surface area contributed by atoms with Crippen LogP contribution in [0.5, 0.6) is 0 Å². The van der Waals surface area contributed by atoms with Crippen LogP contribution in [0.1, 0.15) is 20.8 Å². The molecule has 1 saturated heterocycles. The Morgan fingerprint density at radius 3 is 2.72 bits per heavy atom. The van der Waals surface area contributed by atoms with Gasteiger partial charge in [-0.2, -0.15) is 4.31 Å². The highest BCUT2D eigenvalue weighted by atomic mass is 79.9. The first kappa shape index (κ1) is 16.4. The van der Waals surface area contributed by atoms with Crippen LogP contribution in [0.4, 0.5) is 0 Å². The SMILES string of the molecule is CC(C)OCCS(=O)(=O)N1CC(CBr)OCC1C. The fourth-order valence-corrected chi connectivity index (χ4v) is 3.71. The van der Waals surface area contributed by atoms with Crippen molar-refractivity contribution in [2.75, 3.05) is 30.8 Å². The summed E-state index contributed by atoms with van der Waals surface area (Å²) in [6.45, 7) is 6.75. The van der Waals surface area contributed by atoms with Gasteiger partial charge in [-0.3, -0.25) is 0 Å². The molecule has 0 N–H and O–H groups in total. The van der Waals surface area contributed by atoms with E-state index < -0.39 is 10.0 Å². The van der Waals surface area contributed by atoms with E-state index in [1.807, 2.05) is 20.8 Å². The van der Waals surface area contributed by atoms with Crippen LogP contribution < -0.4 is 0 Å². The maximum atomic E-state index is 12.2. The van der Waals surface area contributed by atoms with Gasteiger partial charge < -0.3 is 9.47 Å². The summed E-state index contributed by atoms with van der Waals surface area (Å²) in [4.78, 5) is 0. The highest BCUT2D eigenvalue weighted by Gasteiger charge is 2.33. The van der Waals surface area contributed by atoms with E-state index in [-0.39, 0.29) is 30.6 Å². The Hall–Kier alpha value is 0.310. The molecule has 0 aromatic carbocycles. The molecule has 0 aliphatic carbocycles. The molecular weight excluding hydrogens is 322 g/mol. The number of ether oxygens (including phenoxy) is 2. The van der Waals surface area contributed by atoms with E-state index in [4.69, 9.17) is 9.47 Å². The molecule has 0 radical (unpaired) electrons. The number of sulfonamides is 1. The summed E-state index contributed by atoms with van der Waals surface area (Å²) >= 11 is 3.33. The van der Waals surface area contributed by atoms with Crippen molar-refractivity contribution >= 4 is 26.0 Å². The van der Waals surface area contributed by atoms with E-state index >= 15 is 0 Å². The smallest absolute Gasteiger partial charge is 0.216 e. The van der Waals surface area contributed by atoms with Crippen molar-refractivity contribution < 1.29 is 17.9 Å². The second-order valence-electron chi connectivity index (χ2n) is 4.76. The summed E-state index contributed by atoms with van der Waals surface area (Å²) in [5.74, 6) is 0.0323. The third-order valence-electron chi connectivity index (χ3n) is 2.77. The summed E-state index contributed by atoms with van der Waals surface area (Å²) < 4.78 is 36.8. The molecule has 0 aromatic rings. The van der Waals surface area contributed by atoms with Gasteiger partial charge in [0.05, 0.1) is 31.2 Å². The molecule has 0 spiro atoms. The minimum Gasteiger partial charge on any atom is -0.378 e. The lowest BCUT2D eigenvalue weighted by Gasteiger charge is -2.36. The zero-order chi connectivity index (χ0) is 13.8. The molecule has 1 aliphatic heterocycles. The van der Waals surface area contributed by atoms with E-state index in [9.17, 15) is 8.42 Å². The molecule has 5 nitrogen and oxygen atoms in total. The fraction of sp³-hybridized carbons (Fsp3) is 1.00. The zero-order valence-corrected chi connectivity index (χ0v) is 13.5. The van der Waals surface area contributed by atoms with Crippen LogP contribution in [0.3, 0.4) is 0 Å². The van der Waals surface area contributed by atoms with Crippen molar-refractivity contribution in [1.82, 2.24) is 4.31 Å². The number of rotatable bonds is 6. The average molecular weight is 344 g/mol. The van der Waals surface area contributed by atoms with Gasteiger partial charge in [-0.25, -0.2) is 8.42 Å². The van der Waals surface area contributed by atoms with E-state index in [1.165, 1.54) is 4.31 Å². The number of nitrogens with zero attached hydrogens (tertiary/aromatic N) is 1. The van der Waals surface area contributed by atoms with E-state index in [0.29, 0.717) is 18.5 Å². The minimum absolute atomic E-state index is 0.0323. The van der Waals surface area contributed by atoms with Gasteiger partial charge in [0.15, 0.2) is 0 Å². The summed E-state index contributed by atoms with van der Waals surface area (Å²) in [5, 5.41) is 0.647. The van der Waals surface area contributed by atoms with Crippen molar-refractivity contribution in [3.63, 3.8) is 0 Å². The first-order valence-electron chi connectivity index (χ1n) is 6.15. The average Bonchev–Trinajstić information content (AvgIpc) is 2.28. The lowest BCUT2D eigenvalue weighted by Crippen LogP contribution is -2.52. The largest absolute Gasteiger partial charge is 0.378 e. The van der Waals surface area contributed by atoms with Crippen LogP contribution in [0.2, 0.25) is 0 Å². The van der Waals surface area contributed by atoms with Crippen molar-refractivity contribution in [1.29, 1.82) is 0 Å². The van der Waals surface area contributed by atoms with Crippen LogP contribution in [-0.4, -0.2) is 61.8 Å². The van der Waals surface area contributed by atoms with Gasteiger partial charge in [0.2, 0.25) is 10.0 Å². The lowest BCUT2D eigenvalue weighted by atomic mass is 10.2. The molecule has 0 amide bonds. The van der Waals surface area contributed by atoms with Gasteiger partial charge in [-0.15, -0.1) is 0 Å². The molecule has 108 valence electrons. The topological polar surface area (TPSA) is 55.8 Å². The van der Waals surface area contributed by atoms with Crippen LogP contribution >= 0.6 is 15.9 Å². The standard InChI is InChI=1S/C11H22BrNO4S/c1-9(2)16-4-5-18(14,15)13-7-11(6-12)17-8-10(13)3/h9-11H,4-8H2,1-3H3. The summed E-state index contributed by atoms with van der Waals surface area (Å²) in [5.41, 5.74) is 0. The molecular formula is C11H22BrNO4S. The Balaban J connectivity index is 2.58. The van der Waals surface area contributed by atoms with Gasteiger partial charge in [0, 0.05) is 17.9 Å². The van der Waals surface area contributed by atoms with Gasteiger partial charge >= 0.3 is 0 Å². The highest BCUT2D eigenvalue weighted by molar-refractivity contribution is 9.09. The number of alkyl halides is 1. The van der Waals surface area contributed by atoms with Crippen LogP contribution in [-0.2, 0) is 19.5 Å². The quantitative estimate of drug-likeness (QED) is 0.680. The maximum Gasteiger partial charge on any atom is 0.216 e. The predicted molar refractivity (Wildman–Crippen MR) is 74.6 cm³/mol. The minimum atomic E-state index is -3.26. The Morgan fingerprint density at radius 2 is 2.17 bits per heavy atom. The Labute approximate surface area is 118 Å². The zero-order valence-electron chi connectivity index (χ0n) is 11.1. The van der Waals surface area contributed by atoms with Crippen molar-refractivity contribution in [3.05, 3.63) is 0 Å². The third-order valence-corrected chi connectivity index (χ3v) is 5.40. The normalized spacial score (nSPS) is 26.7. The molecule has 18 heavy (non-hydrogen) atoms. The van der Waals surface area contributed by atoms with E-state index in [1.54, 1.807) is 0 Å². The van der Waals surface area contributed by atoms with Crippen molar-refractivity contribution in [2.45, 2.75) is 39.0 Å². The molecule has 0 aromatic heterocycles. The van der Waals surface area contributed by atoms with Crippen LogP contribution in [0.25, 0.3) is 0 Å². The fourth-order valence-electron chi connectivity index (χ4n) is 1.78. The first-order chi connectivity index (χ1) is 8.36. The molecule has 7 heteroatoms. The monoisotopic (exact) mass is 343 g/mol. The number of halogens is 1. The summed E-state index contributed by atoms with van der Waals surface area (Å²) in [7, 11) is -3.26. The van der Waals surface area contributed by atoms with Gasteiger partial charge in [0.25, 0.3) is 0 Å². The first-order valence-corrected chi connectivity index (χ1v) is 8.88. The molecule has 2 atom stereocenters.